The molecule has 1 fully saturated rings. The number of likely N-dealkylation sites (tertiary alicyclic amines) is 1. The zero-order valence-corrected chi connectivity index (χ0v) is 13.2. The van der Waals surface area contributed by atoms with Crippen molar-refractivity contribution in [3.8, 4) is 5.75 Å². The number of aromatic hydroxyl groups is 1. The van der Waals surface area contributed by atoms with Gasteiger partial charge in [0.1, 0.15) is 5.75 Å². The third-order valence-electron chi connectivity index (χ3n) is 4.13. The first-order chi connectivity index (χ1) is 9.90. The third kappa shape index (κ3) is 3.76. The lowest BCUT2D eigenvalue weighted by molar-refractivity contribution is 0.0312. The molecule has 1 aliphatic heterocycles. The van der Waals surface area contributed by atoms with Gasteiger partial charge in [0.05, 0.1) is 11.7 Å². The topological polar surface area (TPSA) is 60.8 Å². The van der Waals surface area contributed by atoms with Crippen LogP contribution in [0.1, 0.15) is 49.0 Å². The van der Waals surface area contributed by atoms with Gasteiger partial charge in [-0.25, -0.2) is 0 Å². The lowest BCUT2D eigenvalue weighted by Crippen LogP contribution is -2.45. The van der Waals surface area contributed by atoms with Gasteiger partial charge in [-0.15, -0.1) is 0 Å². The van der Waals surface area contributed by atoms with E-state index in [9.17, 15) is 15.0 Å². The van der Waals surface area contributed by atoms with Crippen LogP contribution in [0, 0.1) is 0 Å². The van der Waals surface area contributed by atoms with Crippen LogP contribution in [0.5, 0.6) is 5.75 Å². The highest BCUT2D eigenvalue weighted by Gasteiger charge is 2.27. The number of piperidine rings is 1. The van der Waals surface area contributed by atoms with E-state index in [1.54, 1.807) is 13.0 Å². The predicted octanol–water partition coefficient (Wildman–Crippen LogP) is 2.98. The largest absolute Gasteiger partial charge is 0.507 e. The van der Waals surface area contributed by atoms with E-state index in [2.05, 4.69) is 4.90 Å². The number of aliphatic hydroxyl groups is 1. The van der Waals surface area contributed by atoms with E-state index in [1.165, 1.54) is 13.0 Å². The maximum atomic E-state index is 11.6. The number of phenols is 1. The Labute approximate surface area is 130 Å². The van der Waals surface area contributed by atoms with Crippen LogP contribution in [-0.4, -0.2) is 39.6 Å². The van der Waals surface area contributed by atoms with Gasteiger partial charge in [-0.3, -0.25) is 9.69 Å². The normalized spacial score (nSPS) is 21.2. The molecule has 2 atom stereocenters. The summed E-state index contributed by atoms with van der Waals surface area (Å²) < 4.78 is 0. The first-order valence-corrected chi connectivity index (χ1v) is 7.72. The summed E-state index contributed by atoms with van der Waals surface area (Å²) >= 11 is 6.05. The van der Waals surface area contributed by atoms with Gasteiger partial charge in [-0.1, -0.05) is 18.0 Å². The minimum Gasteiger partial charge on any atom is -0.507 e. The number of benzene rings is 1. The van der Waals surface area contributed by atoms with Gasteiger partial charge in [-0.2, -0.15) is 0 Å². The van der Waals surface area contributed by atoms with E-state index >= 15 is 0 Å². The van der Waals surface area contributed by atoms with Gasteiger partial charge >= 0.3 is 0 Å². The summed E-state index contributed by atoms with van der Waals surface area (Å²) in [4.78, 5) is 13.7. The molecule has 5 heteroatoms. The Hall–Kier alpha value is -1.10. The summed E-state index contributed by atoms with van der Waals surface area (Å²) in [6.07, 6.45) is 2.70. The van der Waals surface area contributed by atoms with E-state index in [1.807, 2.05) is 0 Å². The van der Waals surface area contributed by atoms with Crippen LogP contribution in [0.2, 0.25) is 5.02 Å². The molecule has 2 rings (SSSR count). The molecule has 116 valence electrons. The molecule has 1 aromatic rings. The van der Waals surface area contributed by atoms with Crippen LogP contribution in [0.25, 0.3) is 0 Å². The third-order valence-corrected chi connectivity index (χ3v) is 4.35. The van der Waals surface area contributed by atoms with E-state index in [-0.39, 0.29) is 23.1 Å². The molecule has 0 amide bonds. The van der Waals surface area contributed by atoms with Crippen molar-refractivity contribution in [2.45, 2.75) is 51.8 Å². The summed E-state index contributed by atoms with van der Waals surface area (Å²) in [7, 11) is 0. The van der Waals surface area contributed by atoms with Crippen LogP contribution in [0.15, 0.2) is 12.1 Å². The second-order valence-electron chi connectivity index (χ2n) is 5.79. The van der Waals surface area contributed by atoms with E-state index in [0.717, 1.165) is 25.8 Å². The lowest BCUT2D eigenvalue weighted by atomic mass is 9.96. The second-order valence-corrected chi connectivity index (χ2v) is 6.23. The maximum absolute atomic E-state index is 11.6. The smallest absolute Gasteiger partial charge is 0.163 e. The van der Waals surface area contributed by atoms with Crippen molar-refractivity contribution >= 4 is 17.4 Å². The molecule has 4 nitrogen and oxygen atoms in total. The zero-order valence-electron chi connectivity index (χ0n) is 12.5. The minimum absolute atomic E-state index is 0.00168. The Morgan fingerprint density at radius 2 is 2.19 bits per heavy atom. The zero-order chi connectivity index (χ0) is 15.6. The van der Waals surface area contributed by atoms with Gasteiger partial charge in [0, 0.05) is 23.2 Å². The number of carbonyl (C=O) groups excluding carboxylic acids is 1. The molecule has 1 aliphatic rings. The number of aliphatic hydroxyl groups excluding tert-OH is 1. The Morgan fingerprint density at radius 1 is 1.48 bits per heavy atom. The molecule has 0 radical (unpaired) electrons. The number of carbonyl (C=O) groups is 1. The van der Waals surface area contributed by atoms with Gasteiger partial charge in [0.2, 0.25) is 0 Å². The fourth-order valence-electron chi connectivity index (χ4n) is 3.02. The number of hydrogen-bond acceptors (Lipinski definition) is 4. The van der Waals surface area contributed by atoms with Gasteiger partial charge in [0.15, 0.2) is 5.78 Å². The molecule has 0 saturated carbocycles. The summed E-state index contributed by atoms with van der Waals surface area (Å²) in [5.74, 6) is -0.205. The number of nitrogens with zero attached hydrogens (tertiary/aromatic N) is 1. The number of rotatable bonds is 4. The van der Waals surface area contributed by atoms with Crippen LogP contribution < -0.4 is 0 Å². The summed E-state index contributed by atoms with van der Waals surface area (Å²) in [5, 5.41) is 20.6. The molecule has 2 unspecified atom stereocenters. The van der Waals surface area contributed by atoms with Crippen LogP contribution >= 0.6 is 11.6 Å². The average Bonchev–Trinajstić information content (AvgIpc) is 2.42. The van der Waals surface area contributed by atoms with Crippen molar-refractivity contribution in [1.29, 1.82) is 0 Å². The fraction of sp³-hybridized carbons (Fsp3) is 0.562. The van der Waals surface area contributed by atoms with Crippen LogP contribution in [0.3, 0.4) is 0 Å². The summed E-state index contributed by atoms with van der Waals surface area (Å²) in [5.41, 5.74) is 0.892. The Morgan fingerprint density at radius 3 is 2.81 bits per heavy atom. The summed E-state index contributed by atoms with van der Waals surface area (Å²) in [6, 6.07) is 3.26. The van der Waals surface area contributed by atoms with Gasteiger partial charge in [0.25, 0.3) is 0 Å². The highest BCUT2D eigenvalue weighted by atomic mass is 35.5. The van der Waals surface area contributed by atoms with Crippen molar-refractivity contribution in [1.82, 2.24) is 4.90 Å². The van der Waals surface area contributed by atoms with Crippen molar-refractivity contribution in [3.63, 3.8) is 0 Å². The number of ketones is 1. The van der Waals surface area contributed by atoms with Crippen LogP contribution in [-0.2, 0) is 6.54 Å². The fourth-order valence-corrected chi connectivity index (χ4v) is 3.26. The molecule has 1 saturated heterocycles. The van der Waals surface area contributed by atoms with E-state index in [0.29, 0.717) is 17.1 Å². The Kier molecular flexibility index (Phi) is 5.25. The molecule has 1 heterocycles. The molecule has 21 heavy (non-hydrogen) atoms. The molecule has 0 aromatic heterocycles. The number of hydrogen-bond donors (Lipinski definition) is 2. The van der Waals surface area contributed by atoms with E-state index in [4.69, 9.17) is 11.6 Å². The van der Waals surface area contributed by atoms with Gasteiger partial charge < -0.3 is 10.2 Å². The SMILES string of the molecule is CC(=O)c1cc(Cl)cc(CN2CCCCC2C(C)O)c1O. The molecule has 2 N–H and O–H groups in total. The van der Waals surface area contributed by atoms with Crippen molar-refractivity contribution < 1.29 is 15.0 Å². The van der Waals surface area contributed by atoms with Crippen molar-refractivity contribution in [3.05, 3.63) is 28.3 Å². The van der Waals surface area contributed by atoms with Gasteiger partial charge in [-0.05, 0) is 45.4 Å². The standard InChI is InChI=1S/C16H22ClNO3/c1-10(19)14-8-13(17)7-12(16(14)21)9-18-6-4-3-5-15(18)11(2)20/h7-8,11,15,20-21H,3-6,9H2,1-2H3. The Bertz CT molecular complexity index is 530. The molecular formula is C16H22ClNO3. The Balaban J connectivity index is 2.28. The monoisotopic (exact) mass is 311 g/mol. The first kappa shape index (κ1) is 16.3. The highest BCUT2D eigenvalue weighted by Crippen LogP contribution is 2.31. The summed E-state index contributed by atoms with van der Waals surface area (Å²) in [6.45, 7) is 4.57. The molecule has 0 spiro atoms. The van der Waals surface area contributed by atoms with E-state index < -0.39 is 6.10 Å². The first-order valence-electron chi connectivity index (χ1n) is 7.34. The molecule has 0 aliphatic carbocycles. The second kappa shape index (κ2) is 6.77. The highest BCUT2D eigenvalue weighted by molar-refractivity contribution is 6.31. The van der Waals surface area contributed by atoms with Crippen LogP contribution in [0.4, 0.5) is 0 Å². The maximum Gasteiger partial charge on any atom is 0.163 e. The quantitative estimate of drug-likeness (QED) is 0.839. The van der Waals surface area contributed by atoms with Crippen molar-refractivity contribution in [2.75, 3.05) is 6.54 Å². The molecular weight excluding hydrogens is 290 g/mol. The minimum atomic E-state index is -0.418. The molecule has 1 aromatic carbocycles. The lowest BCUT2D eigenvalue weighted by Gasteiger charge is -2.37. The number of phenolic OH excluding ortho intramolecular Hbond substituents is 1. The van der Waals surface area contributed by atoms with Crippen molar-refractivity contribution in [2.24, 2.45) is 0 Å². The average molecular weight is 312 g/mol. The number of halogens is 1. The number of Topliss-reactive ketones (excluding diaryl/α,β-unsaturated/α-hetero) is 1. The molecule has 0 bridgehead atoms. The predicted molar refractivity (Wildman–Crippen MR) is 82.9 cm³/mol.